The third kappa shape index (κ3) is 1.81. The van der Waals surface area contributed by atoms with Crippen molar-refractivity contribution < 1.29 is 4.39 Å². The molecule has 0 bridgehead atoms. The SMILES string of the molecule is Cc1cccc(C(F)Br)c1. The molecule has 0 saturated carbocycles. The zero-order valence-electron chi connectivity index (χ0n) is 5.64. The van der Waals surface area contributed by atoms with Crippen LogP contribution in [0.25, 0.3) is 0 Å². The van der Waals surface area contributed by atoms with E-state index in [0.29, 0.717) is 5.56 Å². The fourth-order valence-electron chi connectivity index (χ4n) is 0.806. The fourth-order valence-corrected chi connectivity index (χ4v) is 1.09. The molecular formula is C8H8BrF. The summed E-state index contributed by atoms with van der Waals surface area (Å²) >= 11 is 2.85. The highest BCUT2D eigenvalue weighted by atomic mass is 79.9. The van der Waals surface area contributed by atoms with Crippen LogP contribution in [0.3, 0.4) is 0 Å². The Morgan fingerprint density at radius 3 is 2.60 bits per heavy atom. The average molecular weight is 203 g/mol. The van der Waals surface area contributed by atoms with E-state index in [4.69, 9.17) is 0 Å². The molecule has 0 fully saturated rings. The van der Waals surface area contributed by atoms with Crippen LogP contribution in [-0.2, 0) is 0 Å². The Bertz CT molecular complexity index is 220. The molecule has 0 nitrogen and oxygen atoms in total. The van der Waals surface area contributed by atoms with Gasteiger partial charge in [0.15, 0.2) is 5.08 Å². The van der Waals surface area contributed by atoms with Crippen molar-refractivity contribution in [3.05, 3.63) is 35.4 Å². The number of halogens is 2. The molecule has 0 aliphatic rings. The minimum atomic E-state index is -1.03. The molecule has 0 amide bonds. The molecule has 2 heteroatoms. The van der Waals surface area contributed by atoms with E-state index in [1.807, 2.05) is 25.1 Å². The first kappa shape index (κ1) is 7.73. The van der Waals surface area contributed by atoms with Gasteiger partial charge in [-0.2, -0.15) is 0 Å². The van der Waals surface area contributed by atoms with E-state index < -0.39 is 5.08 Å². The van der Waals surface area contributed by atoms with Crippen molar-refractivity contribution >= 4 is 15.9 Å². The summed E-state index contributed by atoms with van der Waals surface area (Å²) in [6, 6.07) is 7.36. The van der Waals surface area contributed by atoms with Crippen molar-refractivity contribution in [1.82, 2.24) is 0 Å². The largest absolute Gasteiger partial charge is 0.230 e. The summed E-state index contributed by atoms with van der Waals surface area (Å²) in [7, 11) is 0. The molecule has 1 rings (SSSR count). The number of benzene rings is 1. The molecule has 1 aromatic carbocycles. The van der Waals surface area contributed by atoms with Gasteiger partial charge in [0.25, 0.3) is 0 Å². The van der Waals surface area contributed by atoms with Gasteiger partial charge in [-0.15, -0.1) is 0 Å². The third-order valence-electron chi connectivity index (χ3n) is 1.29. The van der Waals surface area contributed by atoms with Crippen LogP contribution in [0.2, 0.25) is 0 Å². The quantitative estimate of drug-likeness (QED) is 0.614. The molecule has 0 N–H and O–H groups in total. The highest BCUT2D eigenvalue weighted by Crippen LogP contribution is 2.23. The number of aryl methyl sites for hydroxylation is 1. The second kappa shape index (κ2) is 3.15. The maximum absolute atomic E-state index is 12.5. The summed E-state index contributed by atoms with van der Waals surface area (Å²) in [5.74, 6) is 0. The van der Waals surface area contributed by atoms with Crippen molar-refractivity contribution in [2.24, 2.45) is 0 Å². The van der Waals surface area contributed by atoms with Crippen LogP contribution in [0.5, 0.6) is 0 Å². The molecule has 0 saturated heterocycles. The van der Waals surface area contributed by atoms with E-state index in [-0.39, 0.29) is 0 Å². The van der Waals surface area contributed by atoms with E-state index in [2.05, 4.69) is 15.9 Å². The highest BCUT2D eigenvalue weighted by molar-refractivity contribution is 9.09. The molecule has 1 atom stereocenters. The van der Waals surface area contributed by atoms with Crippen molar-refractivity contribution in [2.75, 3.05) is 0 Å². The Balaban J connectivity index is 2.96. The zero-order chi connectivity index (χ0) is 7.56. The summed E-state index contributed by atoms with van der Waals surface area (Å²) in [6.45, 7) is 1.94. The number of hydrogen-bond donors (Lipinski definition) is 0. The number of hydrogen-bond acceptors (Lipinski definition) is 0. The molecule has 10 heavy (non-hydrogen) atoms. The molecule has 0 aromatic heterocycles. The van der Waals surface area contributed by atoms with Gasteiger partial charge in [0.2, 0.25) is 0 Å². The first-order chi connectivity index (χ1) is 4.70. The normalized spacial score (nSPS) is 13.1. The highest BCUT2D eigenvalue weighted by Gasteiger charge is 2.02. The molecule has 54 valence electrons. The van der Waals surface area contributed by atoms with Gasteiger partial charge in [-0.25, -0.2) is 4.39 Å². The van der Waals surface area contributed by atoms with Crippen LogP contribution in [0.4, 0.5) is 4.39 Å². The van der Waals surface area contributed by atoms with Gasteiger partial charge < -0.3 is 0 Å². The molecule has 0 aliphatic heterocycles. The lowest BCUT2D eigenvalue weighted by Crippen LogP contribution is -1.81. The van der Waals surface area contributed by atoms with Gasteiger partial charge in [0.05, 0.1) is 0 Å². The molecule has 1 unspecified atom stereocenters. The molecule has 0 heterocycles. The first-order valence-corrected chi connectivity index (χ1v) is 3.96. The summed E-state index contributed by atoms with van der Waals surface area (Å²) in [4.78, 5) is 0. The maximum atomic E-state index is 12.5. The van der Waals surface area contributed by atoms with Crippen LogP contribution in [0, 0.1) is 6.92 Å². The lowest BCUT2D eigenvalue weighted by molar-refractivity contribution is 0.478. The Morgan fingerprint density at radius 2 is 2.20 bits per heavy atom. The third-order valence-corrected chi connectivity index (χ3v) is 1.82. The Kier molecular flexibility index (Phi) is 2.44. The predicted molar refractivity (Wildman–Crippen MR) is 44.0 cm³/mol. The minimum Gasteiger partial charge on any atom is -0.230 e. The Morgan fingerprint density at radius 1 is 1.50 bits per heavy atom. The second-order valence-electron chi connectivity index (χ2n) is 2.21. The second-order valence-corrected chi connectivity index (χ2v) is 3.02. The summed E-state index contributed by atoms with van der Waals surface area (Å²) < 4.78 is 12.5. The van der Waals surface area contributed by atoms with Crippen molar-refractivity contribution in [3.8, 4) is 0 Å². The Labute approximate surface area is 68.2 Å². The van der Waals surface area contributed by atoms with Gasteiger partial charge in [-0.3, -0.25) is 0 Å². The molecule has 0 radical (unpaired) electrons. The summed E-state index contributed by atoms with van der Waals surface area (Å²) in [5, 5.41) is -1.03. The monoisotopic (exact) mass is 202 g/mol. The van der Waals surface area contributed by atoms with E-state index >= 15 is 0 Å². The van der Waals surface area contributed by atoms with Crippen LogP contribution in [0.15, 0.2) is 24.3 Å². The lowest BCUT2D eigenvalue weighted by atomic mass is 10.2. The molecule has 1 aromatic rings. The summed E-state index contributed by atoms with van der Waals surface area (Å²) in [5.41, 5.74) is 1.76. The number of rotatable bonds is 1. The van der Waals surface area contributed by atoms with Crippen LogP contribution in [-0.4, -0.2) is 0 Å². The van der Waals surface area contributed by atoms with Crippen molar-refractivity contribution in [1.29, 1.82) is 0 Å². The van der Waals surface area contributed by atoms with Crippen LogP contribution in [0.1, 0.15) is 16.2 Å². The van der Waals surface area contributed by atoms with Gasteiger partial charge in [-0.1, -0.05) is 29.8 Å². The standard InChI is InChI=1S/C8H8BrF/c1-6-3-2-4-7(5-6)8(9)10/h2-5,8H,1H3. The van der Waals surface area contributed by atoms with Crippen molar-refractivity contribution in [2.45, 2.75) is 12.0 Å². The smallest absolute Gasteiger partial charge is 0.180 e. The topological polar surface area (TPSA) is 0 Å². The van der Waals surface area contributed by atoms with Gasteiger partial charge >= 0.3 is 0 Å². The maximum Gasteiger partial charge on any atom is 0.180 e. The van der Waals surface area contributed by atoms with Crippen molar-refractivity contribution in [3.63, 3.8) is 0 Å². The van der Waals surface area contributed by atoms with Gasteiger partial charge in [-0.05, 0) is 28.4 Å². The minimum absolute atomic E-state index is 0.681. The summed E-state index contributed by atoms with van der Waals surface area (Å²) in [6.07, 6.45) is 0. The first-order valence-electron chi connectivity index (χ1n) is 3.05. The molecule has 0 aliphatic carbocycles. The fraction of sp³-hybridized carbons (Fsp3) is 0.250. The predicted octanol–water partition coefficient (Wildman–Crippen LogP) is 3.36. The Hall–Kier alpha value is -0.370. The van der Waals surface area contributed by atoms with E-state index in [1.165, 1.54) is 0 Å². The van der Waals surface area contributed by atoms with E-state index in [1.54, 1.807) is 6.07 Å². The van der Waals surface area contributed by atoms with E-state index in [9.17, 15) is 4.39 Å². The average Bonchev–Trinajstić information content (AvgIpc) is 1.88. The molecule has 0 spiro atoms. The van der Waals surface area contributed by atoms with Gasteiger partial charge in [0, 0.05) is 0 Å². The molecular weight excluding hydrogens is 195 g/mol. The van der Waals surface area contributed by atoms with Crippen LogP contribution < -0.4 is 0 Å². The number of alkyl halides is 2. The van der Waals surface area contributed by atoms with Crippen LogP contribution >= 0.6 is 15.9 Å². The van der Waals surface area contributed by atoms with Gasteiger partial charge in [0.1, 0.15) is 0 Å². The zero-order valence-corrected chi connectivity index (χ0v) is 7.23. The lowest BCUT2D eigenvalue weighted by Gasteiger charge is -1.99. The van der Waals surface area contributed by atoms with E-state index in [0.717, 1.165) is 5.56 Å².